The minimum absolute atomic E-state index is 0.519. The highest BCUT2D eigenvalue weighted by Gasteiger charge is 2.24. The lowest BCUT2D eigenvalue weighted by atomic mass is 9.79. The second kappa shape index (κ2) is 7.62. The zero-order chi connectivity index (χ0) is 11.0. The van der Waals surface area contributed by atoms with E-state index in [9.17, 15) is 0 Å². The monoisotopic (exact) mass is 216 g/mol. The minimum atomic E-state index is 0.519. The lowest BCUT2D eigenvalue weighted by Gasteiger charge is -2.31. The van der Waals surface area contributed by atoms with Gasteiger partial charge in [-0.1, -0.05) is 59.8 Å². The van der Waals surface area contributed by atoms with E-state index in [1.54, 1.807) is 0 Å². The van der Waals surface area contributed by atoms with Crippen molar-refractivity contribution in [2.24, 2.45) is 11.3 Å². The van der Waals surface area contributed by atoms with Gasteiger partial charge in [-0.25, -0.2) is 0 Å². The molecule has 0 aromatic carbocycles. The van der Waals surface area contributed by atoms with E-state index in [-0.39, 0.29) is 0 Å². The quantitative estimate of drug-likeness (QED) is 0.516. The van der Waals surface area contributed by atoms with Crippen LogP contribution in [0.5, 0.6) is 0 Å². The van der Waals surface area contributed by atoms with E-state index in [0.29, 0.717) is 5.41 Å². The smallest absolute Gasteiger partial charge is 0.00163 e. The van der Waals surface area contributed by atoms with Crippen LogP contribution in [-0.4, -0.2) is 12.0 Å². The Morgan fingerprint density at radius 1 is 1.14 bits per heavy atom. The molecule has 0 saturated carbocycles. The molecule has 1 atom stereocenters. The average molecular weight is 216 g/mol. The van der Waals surface area contributed by atoms with E-state index in [4.69, 9.17) is 0 Å². The van der Waals surface area contributed by atoms with Crippen LogP contribution in [0.2, 0.25) is 0 Å². The second-order valence-corrected chi connectivity index (χ2v) is 6.04. The van der Waals surface area contributed by atoms with Crippen LogP contribution >= 0.6 is 11.8 Å². The zero-order valence-corrected chi connectivity index (χ0v) is 11.5. The molecule has 14 heavy (non-hydrogen) atoms. The Morgan fingerprint density at radius 3 is 2.29 bits per heavy atom. The molecule has 86 valence electrons. The van der Waals surface area contributed by atoms with Crippen molar-refractivity contribution < 1.29 is 0 Å². The highest BCUT2D eigenvalue weighted by molar-refractivity contribution is 7.98. The van der Waals surface area contributed by atoms with Gasteiger partial charge in [0, 0.05) is 0 Å². The predicted octanol–water partition coefficient (Wildman–Crippen LogP) is 4.98. The minimum Gasteiger partial charge on any atom is -0.165 e. The normalized spacial score (nSPS) is 14.4. The zero-order valence-electron chi connectivity index (χ0n) is 10.7. The van der Waals surface area contributed by atoms with Crippen LogP contribution in [-0.2, 0) is 0 Å². The van der Waals surface area contributed by atoms with Crippen LogP contribution < -0.4 is 0 Å². The Balaban J connectivity index is 3.65. The van der Waals surface area contributed by atoms with Crippen molar-refractivity contribution in [2.75, 3.05) is 12.0 Å². The van der Waals surface area contributed by atoms with Gasteiger partial charge in [0.05, 0.1) is 0 Å². The summed E-state index contributed by atoms with van der Waals surface area (Å²) in [6.07, 6.45) is 9.24. The van der Waals surface area contributed by atoms with E-state index < -0.39 is 0 Å². The molecule has 0 aromatic rings. The van der Waals surface area contributed by atoms with E-state index in [1.807, 2.05) is 11.8 Å². The van der Waals surface area contributed by atoms with Gasteiger partial charge in [-0.3, -0.25) is 0 Å². The first-order valence-electron chi connectivity index (χ1n) is 6.03. The van der Waals surface area contributed by atoms with Gasteiger partial charge in [-0.05, 0) is 23.3 Å². The maximum Gasteiger partial charge on any atom is -0.00163 e. The molecule has 0 rings (SSSR count). The van der Waals surface area contributed by atoms with Gasteiger partial charge < -0.3 is 0 Å². The van der Waals surface area contributed by atoms with Gasteiger partial charge >= 0.3 is 0 Å². The van der Waals surface area contributed by atoms with Crippen molar-refractivity contribution in [3.8, 4) is 0 Å². The number of hydrogen-bond acceptors (Lipinski definition) is 1. The fourth-order valence-corrected chi connectivity index (χ4v) is 2.81. The third-order valence-corrected chi connectivity index (χ3v) is 4.37. The van der Waals surface area contributed by atoms with E-state index in [0.717, 1.165) is 5.92 Å². The molecule has 0 heterocycles. The summed E-state index contributed by atoms with van der Waals surface area (Å²) in [4.78, 5) is 0. The molecule has 1 unspecified atom stereocenters. The van der Waals surface area contributed by atoms with E-state index in [1.165, 1.54) is 37.9 Å². The van der Waals surface area contributed by atoms with Crippen LogP contribution in [0.3, 0.4) is 0 Å². The average Bonchev–Trinajstić information content (AvgIpc) is 2.12. The molecular weight excluding hydrogens is 188 g/mol. The van der Waals surface area contributed by atoms with Crippen molar-refractivity contribution in [1.82, 2.24) is 0 Å². The Labute approximate surface area is 95.2 Å². The maximum atomic E-state index is 2.42. The summed E-state index contributed by atoms with van der Waals surface area (Å²) in [5.74, 6) is 2.16. The topological polar surface area (TPSA) is 0 Å². The van der Waals surface area contributed by atoms with Crippen LogP contribution in [0.4, 0.5) is 0 Å². The van der Waals surface area contributed by atoms with Crippen LogP contribution in [0, 0.1) is 11.3 Å². The number of hydrogen-bond donors (Lipinski definition) is 0. The standard InChI is InChI=1S/C13H28S/c1-6-7-8-9-10-12(2)13(3,4)11-14-5/h12H,6-11H2,1-5H3. The van der Waals surface area contributed by atoms with Crippen LogP contribution in [0.1, 0.15) is 59.8 Å². The molecule has 0 aromatic heterocycles. The van der Waals surface area contributed by atoms with Crippen molar-refractivity contribution in [2.45, 2.75) is 59.8 Å². The highest BCUT2D eigenvalue weighted by atomic mass is 32.2. The first kappa shape index (κ1) is 14.3. The van der Waals surface area contributed by atoms with Crippen molar-refractivity contribution in [1.29, 1.82) is 0 Å². The van der Waals surface area contributed by atoms with Crippen molar-refractivity contribution >= 4 is 11.8 Å². The first-order chi connectivity index (χ1) is 6.54. The summed E-state index contributed by atoms with van der Waals surface area (Å²) in [5, 5.41) is 0. The van der Waals surface area contributed by atoms with Gasteiger partial charge in [0.1, 0.15) is 0 Å². The lowest BCUT2D eigenvalue weighted by molar-refractivity contribution is 0.247. The third kappa shape index (κ3) is 5.95. The molecule has 0 aliphatic rings. The Hall–Kier alpha value is 0.350. The van der Waals surface area contributed by atoms with Crippen LogP contribution in [0.25, 0.3) is 0 Å². The highest BCUT2D eigenvalue weighted by Crippen LogP contribution is 2.33. The van der Waals surface area contributed by atoms with Crippen molar-refractivity contribution in [3.05, 3.63) is 0 Å². The van der Waals surface area contributed by atoms with E-state index in [2.05, 4.69) is 34.0 Å². The SMILES string of the molecule is CCCCCCC(C)C(C)(C)CSC. The fraction of sp³-hybridized carbons (Fsp3) is 1.00. The van der Waals surface area contributed by atoms with E-state index >= 15 is 0 Å². The number of rotatable bonds is 8. The molecule has 0 fully saturated rings. The summed E-state index contributed by atoms with van der Waals surface area (Å²) >= 11 is 1.98. The molecule has 0 saturated heterocycles. The molecule has 0 amide bonds. The summed E-state index contributed by atoms with van der Waals surface area (Å²) in [7, 11) is 0. The molecule has 0 N–H and O–H groups in total. The van der Waals surface area contributed by atoms with Gasteiger partial charge in [-0.15, -0.1) is 0 Å². The van der Waals surface area contributed by atoms with Crippen LogP contribution in [0.15, 0.2) is 0 Å². The summed E-state index contributed by atoms with van der Waals surface area (Å²) in [6.45, 7) is 9.52. The number of unbranched alkanes of at least 4 members (excludes halogenated alkanes) is 3. The Bertz CT molecular complexity index is 129. The maximum absolute atomic E-state index is 2.42. The first-order valence-corrected chi connectivity index (χ1v) is 7.43. The number of thioether (sulfide) groups is 1. The Morgan fingerprint density at radius 2 is 1.79 bits per heavy atom. The van der Waals surface area contributed by atoms with Gasteiger partial charge in [-0.2, -0.15) is 11.8 Å². The largest absolute Gasteiger partial charge is 0.165 e. The summed E-state index contributed by atoms with van der Waals surface area (Å²) in [6, 6.07) is 0. The second-order valence-electron chi connectivity index (χ2n) is 5.17. The predicted molar refractivity (Wildman–Crippen MR) is 70.1 cm³/mol. The molecule has 1 heteroatoms. The molecule has 0 nitrogen and oxygen atoms in total. The third-order valence-electron chi connectivity index (χ3n) is 3.34. The molecule has 0 aliphatic carbocycles. The molecule has 0 spiro atoms. The fourth-order valence-electron chi connectivity index (χ4n) is 1.78. The molecule has 0 radical (unpaired) electrons. The van der Waals surface area contributed by atoms with Gasteiger partial charge in [0.25, 0.3) is 0 Å². The summed E-state index contributed by atoms with van der Waals surface area (Å²) < 4.78 is 0. The molecule has 0 bridgehead atoms. The molecule has 0 aliphatic heterocycles. The van der Waals surface area contributed by atoms with Gasteiger partial charge in [0.15, 0.2) is 0 Å². The Kier molecular flexibility index (Phi) is 7.81. The molecular formula is C13H28S. The summed E-state index contributed by atoms with van der Waals surface area (Å²) in [5.41, 5.74) is 0.519. The lowest BCUT2D eigenvalue weighted by Crippen LogP contribution is -2.24. The van der Waals surface area contributed by atoms with Gasteiger partial charge in [0.2, 0.25) is 0 Å². The van der Waals surface area contributed by atoms with Crippen molar-refractivity contribution in [3.63, 3.8) is 0 Å².